The van der Waals surface area contributed by atoms with E-state index in [0.717, 1.165) is 42.3 Å². The monoisotopic (exact) mass is 350 g/mol. The Hall–Kier alpha value is -2.89. The van der Waals surface area contributed by atoms with Crippen LogP contribution in [0.5, 0.6) is 6.01 Å². The average Bonchev–Trinajstić information content (AvgIpc) is 3.12. The zero-order valence-electron chi connectivity index (χ0n) is 14.8. The first-order chi connectivity index (χ1) is 12.7. The third kappa shape index (κ3) is 3.27. The number of carbonyl (C=O) groups is 1. The van der Waals surface area contributed by atoms with Gasteiger partial charge < -0.3 is 14.6 Å². The van der Waals surface area contributed by atoms with E-state index in [2.05, 4.69) is 21.9 Å². The molecule has 4 rings (SSSR count). The molecule has 134 valence electrons. The Balaban J connectivity index is 1.46. The van der Waals surface area contributed by atoms with Crippen LogP contribution in [0.1, 0.15) is 35.7 Å². The zero-order chi connectivity index (χ0) is 17.9. The molecule has 6 heteroatoms. The van der Waals surface area contributed by atoms with E-state index in [1.165, 1.54) is 0 Å². The summed E-state index contributed by atoms with van der Waals surface area (Å²) in [5, 5.41) is 0.957. The first-order valence-corrected chi connectivity index (χ1v) is 9.07. The molecule has 1 saturated heterocycles. The van der Waals surface area contributed by atoms with E-state index in [1.807, 2.05) is 29.2 Å². The van der Waals surface area contributed by atoms with Gasteiger partial charge in [-0.1, -0.05) is 25.1 Å². The second-order valence-corrected chi connectivity index (χ2v) is 6.61. The van der Waals surface area contributed by atoms with Crippen LogP contribution in [0.25, 0.3) is 10.9 Å². The number of H-pyrrole nitrogens is 1. The highest BCUT2D eigenvalue weighted by molar-refractivity contribution is 6.06. The van der Waals surface area contributed by atoms with Crippen molar-refractivity contribution in [1.82, 2.24) is 19.9 Å². The quantitative estimate of drug-likeness (QED) is 0.784. The fourth-order valence-corrected chi connectivity index (χ4v) is 3.37. The number of aromatic nitrogens is 3. The predicted molar refractivity (Wildman–Crippen MR) is 99.3 cm³/mol. The van der Waals surface area contributed by atoms with Crippen molar-refractivity contribution < 1.29 is 9.53 Å². The molecule has 3 aromatic rings. The van der Waals surface area contributed by atoms with Gasteiger partial charge in [-0.25, -0.2) is 9.97 Å². The third-order valence-electron chi connectivity index (χ3n) is 4.85. The van der Waals surface area contributed by atoms with E-state index in [-0.39, 0.29) is 12.0 Å². The number of aromatic amines is 1. The molecule has 0 aliphatic carbocycles. The molecular formula is C20H22N4O2. The number of hydrogen-bond donors (Lipinski definition) is 1. The molecule has 1 atom stereocenters. The summed E-state index contributed by atoms with van der Waals surface area (Å²) in [6, 6.07) is 8.24. The highest BCUT2D eigenvalue weighted by Gasteiger charge is 2.27. The molecule has 1 amide bonds. The number of nitrogens with one attached hydrogen (secondary N) is 1. The summed E-state index contributed by atoms with van der Waals surface area (Å²) in [6.45, 7) is 3.36. The number of para-hydroxylation sites is 1. The van der Waals surface area contributed by atoms with Gasteiger partial charge in [-0.05, 0) is 30.9 Å². The van der Waals surface area contributed by atoms with Crippen LogP contribution in [-0.2, 0) is 6.42 Å². The van der Waals surface area contributed by atoms with Gasteiger partial charge in [0.25, 0.3) is 5.91 Å². The van der Waals surface area contributed by atoms with Gasteiger partial charge in [0.1, 0.15) is 6.10 Å². The Labute approximate surface area is 152 Å². The summed E-state index contributed by atoms with van der Waals surface area (Å²) in [5.41, 5.74) is 2.77. The van der Waals surface area contributed by atoms with Crippen molar-refractivity contribution in [2.45, 2.75) is 32.3 Å². The minimum absolute atomic E-state index is 0.0398. The Morgan fingerprint density at radius 3 is 2.92 bits per heavy atom. The van der Waals surface area contributed by atoms with Crippen molar-refractivity contribution in [3.05, 3.63) is 54.0 Å². The smallest absolute Gasteiger partial charge is 0.316 e. The minimum atomic E-state index is -0.0783. The van der Waals surface area contributed by atoms with Crippen molar-refractivity contribution in [2.24, 2.45) is 0 Å². The molecule has 1 N–H and O–H groups in total. The fourth-order valence-electron chi connectivity index (χ4n) is 3.37. The summed E-state index contributed by atoms with van der Waals surface area (Å²) in [4.78, 5) is 26.5. The average molecular weight is 350 g/mol. The van der Waals surface area contributed by atoms with Crippen LogP contribution in [0.4, 0.5) is 0 Å². The Bertz CT molecular complexity index is 904. The number of ether oxygens (including phenoxy) is 1. The van der Waals surface area contributed by atoms with Crippen molar-refractivity contribution in [2.75, 3.05) is 13.1 Å². The van der Waals surface area contributed by atoms with E-state index in [0.29, 0.717) is 18.1 Å². The van der Waals surface area contributed by atoms with Crippen LogP contribution in [-0.4, -0.2) is 45.0 Å². The molecule has 0 spiro atoms. The molecule has 26 heavy (non-hydrogen) atoms. The molecule has 1 aliphatic heterocycles. The summed E-state index contributed by atoms with van der Waals surface area (Å²) < 4.78 is 5.92. The molecule has 1 aromatic carbocycles. The Morgan fingerprint density at radius 1 is 1.31 bits per heavy atom. The molecule has 0 saturated carbocycles. The summed E-state index contributed by atoms with van der Waals surface area (Å²) >= 11 is 0. The number of hydrogen-bond acceptors (Lipinski definition) is 4. The molecule has 2 aromatic heterocycles. The first kappa shape index (κ1) is 16.6. The maximum absolute atomic E-state index is 13.0. The van der Waals surface area contributed by atoms with Gasteiger partial charge in [-0.15, -0.1) is 0 Å². The lowest BCUT2D eigenvalue weighted by atomic mass is 10.1. The number of carbonyl (C=O) groups excluding carboxylic acids is 1. The van der Waals surface area contributed by atoms with Crippen molar-refractivity contribution in [3.8, 4) is 6.01 Å². The van der Waals surface area contributed by atoms with Crippen LogP contribution < -0.4 is 4.74 Å². The maximum atomic E-state index is 13.0. The van der Waals surface area contributed by atoms with Gasteiger partial charge in [0, 0.05) is 36.0 Å². The Morgan fingerprint density at radius 2 is 2.12 bits per heavy atom. The molecule has 1 fully saturated rings. The number of aryl methyl sites for hydroxylation is 1. The highest BCUT2D eigenvalue weighted by atomic mass is 16.5. The Kier molecular flexibility index (Phi) is 4.56. The van der Waals surface area contributed by atoms with E-state index in [1.54, 1.807) is 18.6 Å². The second-order valence-electron chi connectivity index (χ2n) is 6.61. The van der Waals surface area contributed by atoms with Crippen molar-refractivity contribution in [1.29, 1.82) is 0 Å². The summed E-state index contributed by atoms with van der Waals surface area (Å²) in [5.74, 6) is 0.0398. The van der Waals surface area contributed by atoms with Crippen molar-refractivity contribution >= 4 is 16.8 Å². The molecular weight excluding hydrogens is 328 g/mol. The molecule has 0 bridgehead atoms. The van der Waals surface area contributed by atoms with E-state index in [9.17, 15) is 4.79 Å². The predicted octanol–water partition coefficient (Wildman–Crippen LogP) is 3.20. The second kappa shape index (κ2) is 7.15. The standard InChI is InChI=1S/C20H22N4O2/c1-2-14-10-22-20(23-11-14)26-15-6-5-9-24(13-15)19(25)17-12-21-18-8-4-3-7-16(17)18/h3-4,7-8,10-12,15,21H,2,5-6,9,13H2,1H3. The SMILES string of the molecule is CCc1cnc(OC2CCCN(C(=O)c3c[nH]c4ccccc34)C2)nc1. The maximum Gasteiger partial charge on any atom is 0.316 e. The largest absolute Gasteiger partial charge is 0.458 e. The van der Waals surface area contributed by atoms with Gasteiger partial charge in [-0.3, -0.25) is 4.79 Å². The van der Waals surface area contributed by atoms with Gasteiger partial charge in [0.2, 0.25) is 0 Å². The topological polar surface area (TPSA) is 71.1 Å². The molecule has 1 unspecified atom stereocenters. The number of likely N-dealkylation sites (tertiary alicyclic amines) is 1. The number of piperidine rings is 1. The lowest BCUT2D eigenvalue weighted by Crippen LogP contribution is -2.44. The van der Waals surface area contributed by atoms with Crippen LogP contribution in [0.15, 0.2) is 42.9 Å². The normalized spacial score (nSPS) is 17.4. The van der Waals surface area contributed by atoms with E-state index >= 15 is 0 Å². The number of amides is 1. The van der Waals surface area contributed by atoms with Gasteiger partial charge in [0.15, 0.2) is 0 Å². The fraction of sp³-hybridized carbons (Fsp3) is 0.350. The molecule has 0 radical (unpaired) electrons. The van der Waals surface area contributed by atoms with Crippen LogP contribution in [0.2, 0.25) is 0 Å². The van der Waals surface area contributed by atoms with Gasteiger partial charge in [0.05, 0.1) is 12.1 Å². The van der Waals surface area contributed by atoms with Crippen LogP contribution in [0.3, 0.4) is 0 Å². The number of fused-ring (bicyclic) bond motifs is 1. The van der Waals surface area contributed by atoms with Gasteiger partial charge in [-0.2, -0.15) is 0 Å². The lowest BCUT2D eigenvalue weighted by Gasteiger charge is -2.32. The van der Waals surface area contributed by atoms with E-state index < -0.39 is 0 Å². The number of rotatable bonds is 4. The van der Waals surface area contributed by atoms with Crippen molar-refractivity contribution in [3.63, 3.8) is 0 Å². The lowest BCUT2D eigenvalue weighted by molar-refractivity contribution is 0.0517. The van der Waals surface area contributed by atoms with Crippen LogP contribution >= 0.6 is 0 Å². The van der Waals surface area contributed by atoms with E-state index in [4.69, 9.17) is 4.74 Å². The zero-order valence-corrected chi connectivity index (χ0v) is 14.8. The minimum Gasteiger partial charge on any atom is -0.458 e. The number of nitrogens with zero attached hydrogens (tertiary/aromatic N) is 3. The molecule has 3 heterocycles. The molecule has 1 aliphatic rings. The summed E-state index contributed by atoms with van der Waals surface area (Å²) in [7, 11) is 0. The summed E-state index contributed by atoms with van der Waals surface area (Å²) in [6.07, 6.45) is 8.01. The molecule has 6 nitrogen and oxygen atoms in total. The third-order valence-corrected chi connectivity index (χ3v) is 4.85. The first-order valence-electron chi connectivity index (χ1n) is 9.07. The number of benzene rings is 1. The van der Waals surface area contributed by atoms with Crippen LogP contribution in [0, 0.1) is 0 Å². The van der Waals surface area contributed by atoms with Gasteiger partial charge >= 0.3 is 6.01 Å². The highest BCUT2D eigenvalue weighted by Crippen LogP contribution is 2.22.